The minimum Gasteiger partial charge on any atom is -0.508 e. The van der Waals surface area contributed by atoms with E-state index in [1.54, 1.807) is 18.2 Å². The van der Waals surface area contributed by atoms with Gasteiger partial charge in [-0.1, -0.05) is 11.6 Å². The van der Waals surface area contributed by atoms with Crippen molar-refractivity contribution in [1.82, 2.24) is 0 Å². The first-order valence-electron chi connectivity index (χ1n) is 4.93. The molecule has 0 unspecified atom stereocenters. The lowest BCUT2D eigenvalue weighted by Gasteiger charge is -2.08. The highest BCUT2D eigenvalue weighted by Gasteiger charge is 2.08. The van der Waals surface area contributed by atoms with Crippen LogP contribution in [0.25, 0.3) is 11.1 Å². The summed E-state index contributed by atoms with van der Waals surface area (Å²) in [7, 11) is 1.54. The minimum atomic E-state index is -0.515. The summed E-state index contributed by atoms with van der Waals surface area (Å²) in [5.41, 5.74) is 1.12. The van der Waals surface area contributed by atoms with Gasteiger partial charge in [0.15, 0.2) is 0 Å². The zero-order valence-electron chi connectivity index (χ0n) is 9.08. The van der Waals surface area contributed by atoms with E-state index in [2.05, 4.69) is 0 Å². The number of phenols is 1. The van der Waals surface area contributed by atoms with Crippen LogP contribution in [-0.4, -0.2) is 12.2 Å². The van der Waals surface area contributed by atoms with Crippen LogP contribution in [0.5, 0.6) is 11.5 Å². The number of aromatic hydroxyl groups is 1. The number of phenolic OH excluding ortho intramolecular Hbond substituents is 1. The standard InChI is InChI=1S/C13H10ClFO2/c1-17-11-2-3-13(14)12(7-11)8-4-9(15)6-10(16)5-8/h2-7,16H,1H3. The van der Waals surface area contributed by atoms with Gasteiger partial charge in [-0.15, -0.1) is 0 Å². The Kier molecular flexibility index (Phi) is 3.20. The van der Waals surface area contributed by atoms with E-state index in [0.717, 1.165) is 6.07 Å². The zero-order valence-corrected chi connectivity index (χ0v) is 9.83. The molecule has 0 bridgehead atoms. The fourth-order valence-electron chi connectivity index (χ4n) is 1.58. The first kappa shape index (κ1) is 11.7. The van der Waals surface area contributed by atoms with Crippen molar-refractivity contribution in [2.75, 3.05) is 7.11 Å². The third kappa shape index (κ3) is 2.50. The summed E-state index contributed by atoms with van der Waals surface area (Å²) >= 11 is 6.03. The average Bonchev–Trinajstić information content (AvgIpc) is 2.28. The Labute approximate surface area is 103 Å². The molecule has 0 aliphatic carbocycles. The fraction of sp³-hybridized carbons (Fsp3) is 0.0769. The molecule has 0 aromatic heterocycles. The van der Waals surface area contributed by atoms with E-state index in [0.29, 0.717) is 21.9 Å². The van der Waals surface area contributed by atoms with Gasteiger partial charge < -0.3 is 9.84 Å². The molecule has 2 aromatic carbocycles. The lowest BCUT2D eigenvalue weighted by Crippen LogP contribution is -1.86. The predicted molar refractivity (Wildman–Crippen MR) is 65.1 cm³/mol. The molecule has 0 fully saturated rings. The topological polar surface area (TPSA) is 29.5 Å². The van der Waals surface area contributed by atoms with E-state index in [4.69, 9.17) is 16.3 Å². The van der Waals surface area contributed by atoms with E-state index in [-0.39, 0.29) is 5.75 Å². The number of halogens is 2. The molecule has 0 aliphatic heterocycles. The summed E-state index contributed by atoms with van der Waals surface area (Å²) in [6, 6.07) is 8.86. The zero-order chi connectivity index (χ0) is 12.4. The van der Waals surface area contributed by atoms with Gasteiger partial charge in [-0.25, -0.2) is 4.39 Å². The number of hydrogen-bond acceptors (Lipinski definition) is 2. The van der Waals surface area contributed by atoms with Gasteiger partial charge in [-0.05, 0) is 35.9 Å². The molecule has 4 heteroatoms. The number of benzene rings is 2. The van der Waals surface area contributed by atoms with Crippen LogP contribution in [0.1, 0.15) is 0 Å². The average molecular weight is 253 g/mol. The molecule has 0 amide bonds. The van der Waals surface area contributed by atoms with Crippen LogP contribution in [0.15, 0.2) is 36.4 Å². The second-order valence-electron chi connectivity index (χ2n) is 3.54. The van der Waals surface area contributed by atoms with Gasteiger partial charge in [0.1, 0.15) is 17.3 Å². The molecule has 0 aliphatic rings. The molecule has 2 aromatic rings. The van der Waals surface area contributed by atoms with Gasteiger partial charge in [0.05, 0.1) is 7.11 Å². The third-order valence-corrected chi connectivity index (χ3v) is 2.70. The highest BCUT2D eigenvalue weighted by Crippen LogP contribution is 2.33. The van der Waals surface area contributed by atoms with E-state index in [1.807, 2.05) is 0 Å². The maximum atomic E-state index is 13.2. The van der Waals surface area contributed by atoms with Crippen molar-refractivity contribution in [3.8, 4) is 22.6 Å². The van der Waals surface area contributed by atoms with Gasteiger partial charge in [0.2, 0.25) is 0 Å². The van der Waals surface area contributed by atoms with Gasteiger partial charge in [0, 0.05) is 16.7 Å². The molecule has 1 N–H and O–H groups in total. The second-order valence-corrected chi connectivity index (χ2v) is 3.95. The van der Waals surface area contributed by atoms with Crippen LogP contribution < -0.4 is 4.74 Å². The Balaban J connectivity index is 2.58. The van der Waals surface area contributed by atoms with E-state index in [9.17, 15) is 9.50 Å². The Bertz CT molecular complexity index is 535. The number of methoxy groups -OCH3 is 1. The van der Waals surface area contributed by atoms with E-state index in [1.165, 1.54) is 19.2 Å². The van der Waals surface area contributed by atoms with Crippen molar-refractivity contribution in [2.45, 2.75) is 0 Å². The quantitative estimate of drug-likeness (QED) is 0.879. The summed E-state index contributed by atoms with van der Waals surface area (Å²) in [4.78, 5) is 0. The Morgan fingerprint density at radius 1 is 1.18 bits per heavy atom. The molecule has 2 rings (SSSR count). The monoisotopic (exact) mass is 252 g/mol. The molecular formula is C13H10ClFO2. The molecule has 0 saturated heterocycles. The lowest BCUT2D eigenvalue weighted by atomic mass is 10.0. The second kappa shape index (κ2) is 4.63. The smallest absolute Gasteiger partial charge is 0.127 e. The summed E-state index contributed by atoms with van der Waals surface area (Å²) in [6.07, 6.45) is 0. The van der Waals surface area contributed by atoms with Crippen molar-refractivity contribution >= 4 is 11.6 Å². The molecule has 0 spiro atoms. The first-order chi connectivity index (χ1) is 8.10. The van der Waals surface area contributed by atoms with Gasteiger partial charge in [-0.3, -0.25) is 0 Å². The normalized spacial score (nSPS) is 10.3. The maximum Gasteiger partial charge on any atom is 0.127 e. The molecule has 88 valence electrons. The van der Waals surface area contributed by atoms with Crippen molar-refractivity contribution in [1.29, 1.82) is 0 Å². The number of hydrogen-bond donors (Lipinski definition) is 1. The van der Waals surface area contributed by atoms with Crippen LogP contribution in [0.3, 0.4) is 0 Å². The van der Waals surface area contributed by atoms with Crippen molar-refractivity contribution in [2.24, 2.45) is 0 Å². The molecule has 17 heavy (non-hydrogen) atoms. The molecule has 0 atom stereocenters. The van der Waals surface area contributed by atoms with Crippen molar-refractivity contribution in [3.63, 3.8) is 0 Å². The minimum absolute atomic E-state index is 0.140. The third-order valence-electron chi connectivity index (χ3n) is 2.37. The Morgan fingerprint density at radius 2 is 1.94 bits per heavy atom. The van der Waals surface area contributed by atoms with Gasteiger partial charge >= 0.3 is 0 Å². The molecule has 2 nitrogen and oxygen atoms in total. The molecular weight excluding hydrogens is 243 g/mol. The predicted octanol–water partition coefficient (Wildman–Crippen LogP) is 3.86. The fourth-order valence-corrected chi connectivity index (χ4v) is 1.81. The number of rotatable bonds is 2. The summed E-state index contributed by atoms with van der Waals surface area (Å²) in [6.45, 7) is 0. The number of ether oxygens (including phenoxy) is 1. The highest BCUT2D eigenvalue weighted by molar-refractivity contribution is 6.33. The largest absolute Gasteiger partial charge is 0.508 e. The highest BCUT2D eigenvalue weighted by atomic mass is 35.5. The first-order valence-corrected chi connectivity index (χ1v) is 5.31. The molecule has 0 heterocycles. The van der Waals surface area contributed by atoms with Crippen LogP contribution in [0, 0.1) is 5.82 Å². The summed E-state index contributed by atoms with van der Waals surface area (Å²) in [5, 5.41) is 9.83. The van der Waals surface area contributed by atoms with Gasteiger partial charge in [-0.2, -0.15) is 0 Å². The van der Waals surface area contributed by atoms with Crippen molar-refractivity contribution in [3.05, 3.63) is 47.2 Å². The Morgan fingerprint density at radius 3 is 2.59 bits per heavy atom. The SMILES string of the molecule is COc1ccc(Cl)c(-c2cc(O)cc(F)c2)c1. The van der Waals surface area contributed by atoms with E-state index < -0.39 is 5.82 Å². The lowest BCUT2D eigenvalue weighted by molar-refractivity contribution is 0.415. The van der Waals surface area contributed by atoms with E-state index >= 15 is 0 Å². The van der Waals surface area contributed by atoms with Crippen LogP contribution in [-0.2, 0) is 0 Å². The van der Waals surface area contributed by atoms with Crippen LogP contribution in [0.4, 0.5) is 4.39 Å². The summed E-state index contributed by atoms with van der Waals surface area (Å²) < 4.78 is 18.3. The molecule has 0 radical (unpaired) electrons. The summed E-state index contributed by atoms with van der Waals surface area (Å²) in [5.74, 6) is -0.0362. The van der Waals surface area contributed by atoms with Crippen LogP contribution >= 0.6 is 11.6 Å². The van der Waals surface area contributed by atoms with Crippen LogP contribution in [0.2, 0.25) is 5.02 Å². The maximum absolute atomic E-state index is 13.2. The molecule has 0 saturated carbocycles. The van der Waals surface area contributed by atoms with Gasteiger partial charge in [0.25, 0.3) is 0 Å². The Hall–Kier alpha value is -1.74. The van der Waals surface area contributed by atoms with Crippen molar-refractivity contribution < 1.29 is 14.2 Å².